The smallest absolute Gasteiger partial charge is 0.303 e. The summed E-state index contributed by atoms with van der Waals surface area (Å²) < 4.78 is 23.8. The van der Waals surface area contributed by atoms with Crippen LogP contribution < -0.4 is 4.74 Å². The highest BCUT2D eigenvalue weighted by Gasteiger charge is 2.50. The van der Waals surface area contributed by atoms with Gasteiger partial charge < -0.3 is 34.3 Å². The predicted octanol–water partition coefficient (Wildman–Crippen LogP) is 5.03. The average Bonchev–Trinajstić information content (AvgIpc) is 2.96. The number of hydrogen-bond donors (Lipinski definition) is 3. The number of allylic oxidation sites excluding steroid dienone is 4. The molecule has 1 saturated heterocycles. The van der Waals surface area contributed by atoms with Gasteiger partial charge in [-0.25, -0.2) is 0 Å². The Bertz CT molecular complexity index is 1590. The number of carboxylic acids is 3. The molecule has 1 unspecified atom stereocenters. The van der Waals surface area contributed by atoms with Gasteiger partial charge >= 0.3 is 23.9 Å². The Labute approximate surface area is 289 Å². The number of carbonyl (C=O) groups excluding carboxylic acids is 3. The van der Waals surface area contributed by atoms with E-state index in [1.807, 2.05) is 27.7 Å². The van der Waals surface area contributed by atoms with E-state index in [1.165, 1.54) is 0 Å². The third-order valence-corrected chi connectivity index (χ3v) is 9.97. The second-order valence-corrected chi connectivity index (χ2v) is 15.4. The molecule has 0 amide bonds. The Hall–Kier alpha value is -4.52. The van der Waals surface area contributed by atoms with Gasteiger partial charge in [0.2, 0.25) is 6.29 Å². The zero-order valence-corrected chi connectivity index (χ0v) is 28.9. The van der Waals surface area contributed by atoms with Gasteiger partial charge in [-0.2, -0.15) is 0 Å². The number of carbonyl (C=O) groups is 6. The van der Waals surface area contributed by atoms with Gasteiger partial charge in [0.15, 0.2) is 11.6 Å². The van der Waals surface area contributed by atoms with Gasteiger partial charge in [0.25, 0.3) is 0 Å². The minimum Gasteiger partial charge on any atom is -0.481 e. The summed E-state index contributed by atoms with van der Waals surface area (Å²) in [5, 5.41) is 29.1. The quantitative estimate of drug-likeness (QED) is 0.261. The fourth-order valence-electron chi connectivity index (χ4n) is 7.97. The van der Waals surface area contributed by atoms with Crippen LogP contribution in [0.5, 0.6) is 5.75 Å². The molecule has 50 heavy (non-hydrogen) atoms. The number of ether oxygens (including phenoxy) is 4. The molecule has 0 radical (unpaired) electrons. The van der Waals surface area contributed by atoms with E-state index in [4.69, 9.17) is 18.9 Å². The average molecular weight is 697 g/mol. The van der Waals surface area contributed by atoms with Crippen molar-refractivity contribution in [3.63, 3.8) is 0 Å². The van der Waals surface area contributed by atoms with Gasteiger partial charge in [-0.3, -0.25) is 28.8 Å². The Balaban J connectivity index is 1.50. The maximum atomic E-state index is 13.6. The normalized spacial score (nSPS) is 27.5. The van der Waals surface area contributed by atoms with E-state index < -0.39 is 85.8 Å². The van der Waals surface area contributed by atoms with Crippen molar-refractivity contribution >= 4 is 35.4 Å². The summed E-state index contributed by atoms with van der Waals surface area (Å²) >= 11 is 0. The molecule has 0 saturated carbocycles. The van der Waals surface area contributed by atoms with Crippen molar-refractivity contribution in [1.82, 2.24) is 0 Å². The number of carboxylic acid groups (broad SMARTS) is 3. The van der Waals surface area contributed by atoms with Gasteiger partial charge in [0.1, 0.15) is 23.9 Å². The summed E-state index contributed by atoms with van der Waals surface area (Å²) in [6, 6.07) is 6.62. The second kappa shape index (κ2) is 14.0. The maximum Gasteiger partial charge on any atom is 0.303 e. The second-order valence-electron chi connectivity index (χ2n) is 15.4. The minimum atomic E-state index is -1.34. The number of ketones is 2. The van der Waals surface area contributed by atoms with Gasteiger partial charge in [0, 0.05) is 67.9 Å². The summed E-state index contributed by atoms with van der Waals surface area (Å²) in [6.45, 7) is 8.79. The lowest BCUT2D eigenvalue weighted by Crippen LogP contribution is -2.53. The van der Waals surface area contributed by atoms with E-state index in [0.29, 0.717) is 53.9 Å². The van der Waals surface area contributed by atoms with Crippen LogP contribution in [0.1, 0.15) is 91.0 Å². The van der Waals surface area contributed by atoms with Crippen LogP contribution in [-0.2, 0) is 43.0 Å². The van der Waals surface area contributed by atoms with Crippen LogP contribution >= 0.6 is 0 Å². The van der Waals surface area contributed by atoms with Gasteiger partial charge in [-0.15, -0.1) is 0 Å². The van der Waals surface area contributed by atoms with Crippen molar-refractivity contribution in [1.29, 1.82) is 0 Å². The molecule has 5 atom stereocenters. The molecule has 1 aromatic rings. The molecule has 1 aromatic carbocycles. The molecule has 0 aromatic heterocycles. The fraction of sp³-hybridized carbons (Fsp3) is 0.568. The highest BCUT2D eigenvalue weighted by molar-refractivity contribution is 6.06. The monoisotopic (exact) mass is 696 g/mol. The summed E-state index contributed by atoms with van der Waals surface area (Å²) in [5.74, 6) is -6.99. The SMILES string of the molecule is CC(=O)OCC1O[C@@H](Oc2ccc(C3C4=C(CC(C)(C)CC4=O)OC4=C3C(=O)CC(C)(C)C4)cc2)[C@@H](CC(=O)O)[C@@H](CC(=O)O)[C@H]1CC(=O)O. The van der Waals surface area contributed by atoms with E-state index >= 15 is 0 Å². The number of rotatable bonds is 11. The van der Waals surface area contributed by atoms with Crippen molar-refractivity contribution in [2.75, 3.05) is 6.61 Å². The van der Waals surface area contributed by atoms with E-state index in [1.54, 1.807) is 24.3 Å². The molecule has 2 aliphatic heterocycles. The van der Waals surface area contributed by atoms with Crippen molar-refractivity contribution in [2.45, 2.75) is 97.9 Å². The standard InChI is InChI=1S/C37H44O13/c1-18(38)47-17-28-22(11-30(43)44)21(10-29(41)42)23(12-31(45)46)35(50-28)48-20-8-6-19(7-9-20)32-33-24(39)13-36(2,3)15-26(33)49-27-16-37(4,5)14-25(40)34(27)32/h6-9,21-23,28,32,35H,10-17H2,1-5H3,(H,41,42)(H,43,44)(H,45,46)/t21-,22+,23-,28?,35+/m0/s1. The lowest BCUT2D eigenvalue weighted by atomic mass is 9.65. The molecule has 0 spiro atoms. The lowest BCUT2D eigenvalue weighted by Gasteiger charge is -2.45. The number of esters is 1. The zero-order chi connectivity index (χ0) is 36.7. The first kappa shape index (κ1) is 36.8. The first-order chi connectivity index (χ1) is 23.3. The molecule has 13 heteroatoms. The van der Waals surface area contributed by atoms with E-state index in [-0.39, 0.29) is 28.1 Å². The molecule has 2 heterocycles. The van der Waals surface area contributed by atoms with E-state index in [0.717, 1.165) is 6.92 Å². The van der Waals surface area contributed by atoms with Gasteiger partial charge in [-0.05, 0) is 34.4 Å². The highest BCUT2D eigenvalue weighted by atomic mass is 16.7. The molecular weight excluding hydrogens is 652 g/mol. The predicted molar refractivity (Wildman–Crippen MR) is 174 cm³/mol. The third kappa shape index (κ3) is 8.09. The number of Topliss-reactive ketones (excluding diaryl/α,β-unsaturated/α-hetero) is 2. The van der Waals surface area contributed by atoms with Crippen LogP contribution in [-0.4, -0.2) is 69.8 Å². The molecule has 0 bridgehead atoms. The zero-order valence-electron chi connectivity index (χ0n) is 28.9. The lowest BCUT2D eigenvalue weighted by molar-refractivity contribution is -0.237. The summed E-state index contributed by atoms with van der Waals surface area (Å²) in [5.41, 5.74) is 0.970. The van der Waals surface area contributed by atoms with Gasteiger partial charge in [0.05, 0.1) is 18.9 Å². The topological polar surface area (TPSA) is 200 Å². The number of hydrogen-bond acceptors (Lipinski definition) is 10. The Morgan fingerprint density at radius 2 is 1.22 bits per heavy atom. The van der Waals surface area contributed by atoms with Crippen molar-refractivity contribution in [3.05, 3.63) is 52.5 Å². The molecule has 270 valence electrons. The maximum absolute atomic E-state index is 13.6. The minimum absolute atomic E-state index is 0.0860. The molecular formula is C37H44O13. The van der Waals surface area contributed by atoms with E-state index in [2.05, 4.69) is 0 Å². The Morgan fingerprint density at radius 1 is 0.740 bits per heavy atom. The Kier molecular flexibility index (Phi) is 10.3. The summed E-state index contributed by atoms with van der Waals surface area (Å²) in [4.78, 5) is 74.7. The highest BCUT2D eigenvalue weighted by Crippen LogP contribution is 2.53. The molecule has 2 aliphatic carbocycles. The molecule has 1 fully saturated rings. The largest absolute Gasteiger partial charge is 0.481 e. The Morgan fingerprint density at radius 3 is 1.70 bits per heavy atom. The van der Waals surface area contributed by atoms with Crippen LogP contribution in [0, 0.1) is 28.6 Å². The fourth-order valence-corrected chi connectivity index (χ4v) is 7.97. The molecule has 5 rings (SSSR count). The van der Waals surface area contributed by atoms with Crippen LogP contribution in [0.15, 0.2) is 46.9 Å². The summed E-state index contributed by atoms with van der Waals surface area (Å²) in [6.07, 6.45) is -2.47. The third-order valence-electron chi connectivity index (χ3n) is 9.97. The number of benzene rings is 1. The first-order valence-electron chi connectivity index (χ1n) is 16.8. The van der Waals surface area contributed by atoms with Gasteiger partial charge in [-0.1, -0.05) is 39.8 Å². The molecule has 3 N–H and O–H groups in total. The number of aliphatic carboxylic acids is 3. The van der Waals surface area contributed by atoms with Crippen molar-refractivity contribution in [3.8, 4) is 5.75 Å². The van der Waals surface area contributed by atoms with Crippen molar-refractivity contribution < 1.29 is 63.0 Å². The van der Waals surface area contributed by atoms with Crippen LogP contribution in [0.3, 0.4) is 0 Å². The van der Waals surface area contributed by atoms with Crippen LogP contribution in [0.2, 0.25) is 0 Å². The molecule has 13 nitrogen and oxygen atoms in total. The van der Waals surface area contributed by atoms with Crippen molar-refractivity contribution in [2.24, 2.45) is 28.6 Å². The summed E-state index contributed by atoms with van der Waals surface area (Å²) in [7, 11) is 0. The first-order valence-corrected chi connectivity index (χ1v) is 16.8. The van der Waals surface area contributed by atoms with Crippen LogP contribution in [0.4, 0.5) is 0 Å². The van der Waals surface area contributed by atoms with E-state index in [9.17, 15) is 44.1 Å². The van der Waals surface area contributed by atoms with Crippen LogP contribution in [0.25, 0.3) is 0 Å². The molecule has 4 aliphatic rings.